The Morgan fingerprint density at radius 2 is 1.84 bits per heavy atom. The van der Waals surface area contributed by atoms with Gasteiger partial charge in [-0.2, -0.15) is 0 Å². The highest BCUT2D eigenvalue weighted by Crippen LogP contribution is 2.34. The Bertz CT molecular complexity index is 1060. The van der Waals surface area contributed by atoms with Crippen LogP contribution in [-0.4, -0.2) is 40.6 Å². The average Bonchev–Trinajstić information content (AvgIpc) is 3.16. The second-order valence-corrected chi connectivity index (χ2v) is 9.86. The maximum atomic E-state index is 13.0. The minimum atomic E-state index is -0.578. The van der Waals surface area contributed by atoms with Gasteiger partial charge in [0.1, 0.15) is 5.60 Å². The average molecular weight is 438 g/mol. The number of fused-ring (bicyclic) bond motifs is 1. The number of anilines is 1. The van der Waals surface area contributed by atoms with Gasteiger partial charge in [-0.3, -0.25) is 10.1 Å². The number of thiazole rings is 1. The number of amides is 2. The molecule has 3 aromatic rings. The number of carbonyl (C=O) groups is 2. The normalized spacial score (nSPS) is 15.1. The summed E-state index contributed by atoms with van der Waals surface area (Å²) in [5.41, 5.74) is 1.58. The number of nitrogens with one attached hydrogen (secondary N) is 1. The third-order valence-corrected chi connectivity index (χ3v) is 6.40. The third-order valence-electron chi connectivity index (χ3n) is 5.20. The minimum Gasteiger partial charge on any atom is -0.444 e. The van der Waals surface area contributed by atoms with E-state index >= 15 is 0 Å². The molecule has 0 bridgehead atoms. The molecule has 2 amide bonds. The fraction of sp³-hybridized carbons (Fsp3) is 0.375. The smallest absolute Gasteiger partial charge is 0.412 e. The van der Waals surface area contributed by atoms with E-state index < -0.39 is 11.7 Å². The number of piperidine rings is 1. The van der Waals surface area contributed by atoms with Gasteiger partial charge in [0.15, 0.2) is 0 Å². The maximum Gasteiger partial charge on any atom is 0.412 e. The lowest BCUT2D eigenvalue weighted by atomic mass is 9.97. The van der Waals surface area contributed by atoms with Crippen LogP contribution in [0, 0.1) is 0 Å². The van der Waals surface area contributed by atoms with E-state index in [0.717, 1.165) is 23.4 Å². The van der Waals surface area contributed by atoms with Crippen molar-refractivity contribution in [2.75, 3.05) is 18.4 Å². The Balaban J connectivity index is 1.37. The molecule has 0 radical (unpaired) electrons. The molecular formula is C24H27N3O3S. The van der Waals surface area contributed by atoms with Crippen molar-refractivity contribution in [3.63, 3.8) is 0 Å². The van der Waals surface area contributed by atoms with Crippen molar-refractivity contribution in [1.82, 2.24) is 9.88 Å². The van der Waals surface area contributed by atoms with Crippen molar-refractivity contribution < 1.29 is 14.3 Å². The molecule has 2 aromatic carbocycles. The highest BCUT2D eigenvalue weighted by molar-refractivity contribution is 7.18. The van der Waals surface area contributed by atoms with Gasteiger partial charge in [-0.1, -0.05) is 18.2 Å². The summed E-state index contributed by atoms with van der Waals surface area (Å²) in [5.74, 6) is 0.372. The molecule has 0 spiro atoms. The van der Waals surface area contributed by atoms with Gasteiger partial charge in [-0.25, -0.2) is 9.78 Å². The van der Waals surface area contributed by atoms with Gasteiger partial charge in [-0.05, 0) is 63.9 Å². The lowest BCUT2D eigenvalue weighted by Crippen LogP contribution is -2.38. The zero-order chi connectivity index (χ0) is 22.0. The molecular weight excluding hydrogens is 410 g/mol. The number of nitrogens with zero attached hydrogens (tertiary/aromatic N) is 2. The van der Waals surface area contributed by atoms with Crippen LogP contribution in [0.4, 0.5) is 10.5 Å². The molecule has 1 aliphatic rings. The van der Waals surface area contributed by atoms with Crippen LogP contribution >= 0.6 is 11.3 Å². The van der Waals surface area contributed by atoms with Crippen molar-refractivity contribution in [2.45, 2.75) is 45.1 Å². The van der Waals surface area contributed by atoms with E-state index in [9.17, 15) is 9.59 Å². The highest BCUT2D eigenvalue weighted by Gasteiger charge is 2.27. The molecule has 1 saturated heterocycles. The van der Waals surface area contributed by atoms with Crippen molar-refractivity contribution in [3.05, 3.63) is 59.1 Å². The van der Waals surface area contributed by atoms with E-state index in [2.05, 4.69) is 11.4 Å². The first-order valence-electron chi connectivity index (χ1n) is 10.5. The van der Waals surface area contributed by atoms with Gasteiger partial charge in [0, 0.05) is 30.3 Å². The molecule has 0 unspecified atom stereocenters. The minimum absolute atomic E-state index is 0.0180. The van der Waals surface area contributed by atoms with E-state index in [0.29, 0.717) is 30.3 Å². The molecule has 1 fully saturated rings. The summed E-state index contributed by atoms with van der Waals surface area (Å²) < 4.78 is 6.50. The maximum absolute atomic E-state index is 13.0. The van der Waals surface area contributed by atoms with Crippen LogP contribution in [0.3, 0.4) is 0 Å². The first-order chi connectivity index (χ1) is 14.8. The third kappa shape index (κ3) is 5.22. The molecule has 6 nitrogen and oxygen atoms in total. The first kappa shape index (κ1) is 21.3. The summed E-state index contributed by atoms with van der Waals surface area (Å²) in [6.45, 7) is 6.83. The van der Waals surface area contributed by atoms with Crippen molar-refractivity contribution in [3.8, 4) is 0 Å². The molecule has 162 valence electrons. The zero-order valence-electron chi connectivity index (χ0n) is 18.1. The van der Waals surface area contributed by atoms with Crippen LogP contribution < -0.4 is 5.32 Å². The van der Waals surface area contributed by atoms with Crippen LogP contribution in [0.2, 0.25) is 0 Å². The number of ether oxygens (including phenoxy) is 1. The molecule has 2 heterocycles. The Morgan fingerprint density at radius 3 is 2.55 bits per heavy atom. The molecule has 31 heavy (non-hydrogen) atoms. The number of benzene rings is 2. The lowest BCUT2D eigenvalue weighted by Gasteiger charge is -2.31. The highest BCUT2D eigenvalue weighted by atomic mass is 32.1. The summed E-state index contributed by atoms with van der Waals surface area (Å²) >= 11 is 1.75. The monoisotopic (exact) mass is 437 g/mol. The topological polar surface area (TPSA) is 71.5 Å². The Labute approximate surface area is 186 Å². The number of hydrogen-bond donors (Lipinski definition) is 1. The number of para-hydroxylation sites is 1. The summed E-state index contributed by atoms with van der Waals surface area (Å²) in [7, 11) is 0. The van der Waals surface area contributed by atoms with Crippen LogP contribution in [-0.2, 0) is 4.74 Å². The Hall–Kier alpha value is -2.93. The molecule has 0 aliphatic carbocycles. The Kier molecular flexibility index (Phi) is 5.96. The fourth-order valence-electron chi connectivity index (χ4n) is 3.73. The van der Waals surface area contributed by atoms with Gasteiger partial charge >= 0.3 is 6.09 Å². The zero-order valence-corrected chi connectivity index (χ0v) is 18.9. The quantitative estimate of drug-likeness (QED) is 0.574. The van der Waals surface area contributed by atoms with Gasteiger partial charge in [0.2, 0.25) is 0 Å². The molecule has 1 aliphatic heterocycles. The fourth-order valence-corrected chi connectivity index (χ4v) is 4.86. The van der Waals surface area contributed by atoms with E-state index in [1.165, 1.54) is 4.70 Å². The number of likely N-dealkylation sites (tertiary alicyclic amines) is 1. The van der Waals surface area contributed by atoms with E-state index in [1.807, 2.05) is 43.9 Å². The number of hydrogen-bond acceptors (Lipinski definition) is 5. The SMILES string of the molecule is CC(C)(C)OC(=O)Nc1cccc(C(=O)N2CCC(c3nc4ccccc4s3)CC2)c1. The Morgan fingerprint density at radius 1 is 1.10 bits per heavy atom. The summed E-state index contributed by atoms with van der Waals surface area (Å²) in [5, 5.41) is 3.86. The van der Waals surface area contributed by atoms with Crippen LogP contribution in [0.1, 0.15) is 54.9 Å². The van der Waals surface area contributed by atoms with Gasteiger partial charge in [-0.15, -0.1) is 11.3 Å². The van der Waals surface area contributed by atoms with Crippen molar-refractivity contribution in [2.24, 2.45) is 0 Å². The standard InChI is InChI=1S/C24H27N3O3S/c1-24(2,3)30-23(29)25-18-8-6-7-17(15-18)22(28)27-13-11-16(12-14-27)21-26-19-9-4-5-10-20(19)31-21/h4-10,15-16H,11-14H2,1-3H3,(H,25,29). The predicted molar refractivity (Wildman–Crippen MR) is 124 cm³/mol. The number of aromatic nitrogens is 1. The molecule has 1 N–H and O–H groups in total. The second kappa shape index (κ2) is 8.67. The molecule has 4 rings (SSSR count). The molecule has 7 heteroatoms. The molecule has 1 aromatic heterocycles. The van der Waals surface area contributed by atoms with E-state index in [4.69, 9.17) is 9.72 Å². The molecule has 0 atom stereocenters. The summed E-state index contributed by atoms with van der Waals surface area (Å²) in [4.78, 5) is 31.7. The lowest BCUT2D eigenvalue weighted by molar-refractivity contribution is 0.0634. The summed E-state index contributed by atoms with van der Waals surface area (Å²) in [6, 6.07) is 15.2. The van der Waals surface area contributed by atoms with E-state index in [1.54, 1.807) is 35.6 Å². The number of rotatable bonds is 3. The van der Waals surface area contributed by atoms with Gasteiger partial charge < -0.3 is 9.64 Å². The molecule has 0 saturated carbocycles. The largest absolute Gasteiger partial charge is 0.444 e. The predicted octanol–water partition coefficient (Wildman–Crippen LogP) is 5.66. The van der Waals surface area contributed by atoms with Crippen molar-refractivity contribution >= 4 is 39.2 Å². The van der Waals surface area contributed by atoms with Crippen molar-refractivity contribution in [1.29, 1.82) is 0 Å². The van der Waals surface area contributed by atoms with Crippen LogP contribution in [0.15, 0.2) is 48.5 Å². The van der Waals surface area contributed by atoms with Crippen LogP contribution in [0.25, 0.3) is 10.2 Å². The van der Waals surface area contributed by atoms with Gasteiger partial charge in [0.25, 0.3) is 5.91 Å². The van der Waals surface area contributed by atoms with Gasteiger partial charge in [0.05, 0.1) is 15.2 Å². The van der Waals surface area contributed by atoms with E-state index in [-0.39, 0.29) is 5.91 Å². The summed E-state index contributed by atoms with van der Waals surface area (Å²) in [6.07, 6.45) is 1.27. The van der Waals surface area contributed by atoms with Crippen LogP contribution in [0.5, 0.6) is 0 Å². The number of carbonyl (C=O) groups excluding carboxylic acids is 2. The first-order valence-corrected chi connectivity index (χ1v) is 11.3. The second-order valence-electron chi connectivity index (χ2n) is 8.79.